The number of hydrogen-bond acceptors (Lipinski definition) is 7. The number of hydroxylamine groups is 2. The highest BCUT2D eigenvalue weighted by molar-refractivity contribution is 6.01. The van der Waals surface area contributed by atoms with E-state index in [4.69, 9.17) is 9.47 Å². The lowest BCUT2D eigenvalue weighted by Gasteiger charge is -2.20. The van der Waals surface area contributed by atoms with Gasteiger partial charge in [0.2, 0.25) is 0 Å². The lowest BCUT2D eigenvalue weighted by molar-refractivity contribution is -0.178. The number of ether oxygens (including phenoxy) is 2. The number of methoxy groups -OCH3 is 1. The number of hydrogen-bond donors (Lipinski definition) is 0. The van der Waals surface area contributed by atoms with E-state index in [1.54, 1.807) is 24.3 Å². The van der Waals surface area contributed by atoms with Crippen LogP contribution in [0.2, 0.25) is 0 Å². The molecule has 1 aromatic rings. The van der Waals surface area contributed by atoms with E-state index in [0.29, 0.717) is 16.4 Å². The third kappa shape index (κ3) is 3.81. The number of nitriles is 1. The molecule has 1 aliphatic heterocycles. The molecule has 2 rings (SSSR count). The molecule has 126 valence electrons. The van der Waals surface area contributed by atoms with Gasteiger partial charge in [-0.05, 0) is 24.6 Å². The minimum atomic E-state index is -1.21. The Morgan fingerprint density at radius 1 is 1.21 bits per heavy atom. The minimum absolute atomic E-state index is 0.00562. The van der Waals surface area contributed by atoms with Crippen molar-refractivity contribution in [2.45, 2.75) is 31.8 Å². The smallest absolute Gasteiger partial charge is 0.497 e. The molecule has 0 bridgehead atoms. The van der Waals surface area contributed by atoms with Crippen LogP contribution in [0.15, 0.2) is 24.3 Å². The molecule has 0 spiro atoms. The van der Waals surface area contributed by atoms with Crippen LogP contribution in [-0.4, -0.2) is 36.2 Å². The van der Waals surface area contributed by atoms with Gasteiger partial charge in [-0.25, -0.2) is 4.79 Å². The Balaban J connectivity index is 1.99. The summed E-state index contributed by atoms with van der Waals surface area (Å²) in [6, 6.07) is 8.80. The summed E-state index contributed by atoms with van der Waals surface area (Å²) >= 11 is 0. The predicted octanol–water partition coefficient (Wildman–Crippen LogP) is 1.91. The fraction of sp³-hybridized carbons (Fsp3) is 0.375. The second kappa shape index (κ2) is 7.46. The quantitative estimate of drug-likeness (QED) is 0.599. The van der Waals surface area contributed by atoms with Gasteiger partial charge in [-0.1, -0.05) is 17.2 Å². The number of amides is 2. The molecule has 8 heteroatoms. The van der Waals surface area contributed by atoms with Gasteiger partial charge >= 0.3 is 6.16 Å². The van der Waals surface area contributed by atoms with Crippen molar-refractivity contribution < 1.29 is 28.7 Å². The zero-order valence-electron chi connectivity index (χ0n) is 13.2. The molecule has 0 radical (unpaired) electrons. The minimum Gasteiger partial charge on any atom is -0.497 e. The van der Waals surface area contributed by atoms with Crippen LogP contribution in [0.4, 0.5) is 4.79 Å². The standard InChI is InChI=1S/C16H16N2O6/c1-10(13(9-17)11-3-5-12(22-2)6-4-11)23-16(21)24-18-14(19)7-8-15(18)20/h3-6,10,13H,7-8H2,1-2H3. The van der Waals surface area contributed by atoms with Gasteiger partial charge in [-0.2, -0.15) is 5.26 Å². The van der Waals surface area contributed by atoms with Gasteiger partial charge in [0.1, 0.15) is 17.8 Å². The summed E-state index contributed by atoms with van der Waals surface area (Å²) < 4.78 is 10.1. The summed E-state index contributed by atoms with van der Waals surface area (Å²) in [7, 11) is 1.53. The molecular formula is C16H16N2O6. The fourth-order valence-electron chi connectivity index (χ4n) is 2.24. The Bertz CT molecular complexity index is 663. The lowest BCUT2D eigenvalue weighted by Crippen LogP contribution is -2.34. The van der Waals surface area contributed by atoms with Crippen molar-refractivity contribution >= 4 is 18.0 Å². The maximum atomic E-state index is 11.7. The Morgan fingerprint density at radius 2 is 1.79 bits per heavy atom. The normalized spacial score (nSPS) is 16.3. The van der Waals surface area contributed by atoms with Crippen LogP contribution in [0, 0.1) is 11.3 Å². The molecule has 0 saturated carbocycles. The Labute approximate surface area is 138 Å². The number of rotatable bonds is 5. The van der Waals surface area contributed by atoms with E-state index < -0.39 is 30.0 Å². The third-order valence-corrected chi connectivity index (χ3v) is 3.54. The molecule has 0 aliphatic carbocycles. The highest BCUT2D eigenvalue weighted by Gasteiger charge is 2.34. The fourth-order valence-corrected chi connectivity index (χ4v) is 2.24. The highest BCUT2D eigenvalue weighted by atomic mass is 16.8. The lowest BCUT2D eigenvalue weighted by atomic mass is 9.96. The summed E-state index contributed by atoms with van der Waals surface area (Å²) in [6.07, 6.45) is -2.06. The maximum Gasteiger partial charge on any atom is 0.534 e. The van der Waals surface area contributed by atoms with Crippen LogP contribution in [0.5, 0.6) is 5.75 Å². The number of carbonyl (C=O) groups excluding carboxylic acids is 3. The Morgan fingerprint density at radius 3 is 2.29 bits per heavy atom. The molecule has 1 heterocycles. The first-order chi connectivity index (χ1) is 11.5. The van der Waals surface area contributed by atoms with Crippen molar-refractivity contribution in [2.75, 3.05) is 7.11 Å². The second-order valence-corrected chi connectivity index (χ2v) is 5.13. The van der Waals surface area contributed by atoms with Crippen molar-refractivity contribution in [3.63, 3.8) is 0 Å². The van der Waals surface area contributed by atoms with Crippen LogP contribution in [0.25, 0.3) is 0 Å². The first-order valence-electron chi connectivity index (χ1n) is 7.24. The van der Waals surface area contributed by atoms with Gasteiger partial charge in [-0.3, -0.25) is 14.4 Å². The van der Waals surface area contributed by atoms with Crippen molar-refractivity contribution in [3.8, 4) is 11.8 Å². The molecule has 0 N–H and O–H groups in total. The summed E-state index contributed by atoms with van der Waals surface area (Å²) in [5.74, 6) is -1.31. The molecule has 1 saturated heterocycles. The second-order valence-electron chi connectivity index (χ2n) is 5.13. The van der Waals surface area contributed by atoms with Gasteiger partial charge in [0.25, 0.3) is 11.8 Å². The molecule has 1 fully saturated rings. The van der Waals surface area contributed by atoms with E-state index in [1.165, 1.54) is 14.0 Å². The van der Waals surface area contributed by atoms with E-state index in [2.05, 4.69) is 10.9 Å². The predicted molar refractivity (Wildman–Crippen MR) is 79.5 cm³/mol. The summed E-state index contributed by atoms with van der Waals surface area (Å²) in [6.45, 7) is 1.52. The van der Waals surface area contributed by atoms with Crippen molar-refractivity contribution in [3.05, 3.63) is 29.8 Å². The summed E-state index contributed by atoms with van der Waals surface area (Å²) in [5, 5.41) is 9.72. The molecule has 2 atom stereocenters. The molecular weight excluding hydrogens is 316 g/mol. The van der Waals surface area contributed by atoms with Gasteiger partial charge in [0, 0.05) is 12.8 Å². The maximum absolute atomic E-state index is 11.7. The van der Waals surface area contributed by atoms with Crippen molar-refractivity contribution in [1.29, 1.82) is 5.26 Å². The molecule has 2 amide bonds. The van der Waals surface area contributed by atoms with E-state index in [0.717, 1.165) is 0 Å². The van der Waals surface area contributed by atoms with E-state index in [9.17, 15) is 19.6 Å². The molecule has 1 aliphatic rings. The average Bonchev–Trinajstić information content (AvgIpc) is 2.88. The van der Waals surface area contributed by atoms with Crippen LogP contribution < -0.4 is 4.74 Å². The molecule has 8 nitrogen and oxygen atoms in total. The average molecular weight is 332 g/mol. The van der Waals surface area contributed by atoms with Crippen LogP contribution in [0.3, 0.4) is 0 Å². The number of benzene rings is 1. The Kier molecular flexibility index (Phi) is 5.37. The number of carbonyl (C=O) groups is 3. The van der Waals surface area contributed by atoms with Gasteiger partial charge in [-0.15, -0.1) is 0 Å². The largest absolute Gasteiger partial charge is 0.534 e. The zero-order chi connectivity index (χ0) is 17.7. The monoisotopic (exact) mass is 332 g/mol. The van der Waals surface area contributed by atoms with Crippen LogP contribution in [0.1, 0.15) is 31.2 Å². The topological polar surface area (TPSA) is 106 Å². The van der Waals surface area contributed by atoms with E-state index in [1.807, 2.05) is 0 Å². The van der Waals surface area contributed by atoms with Gasteiger partial charge < -0.3 is 9.47 Å². The third-order valence-electron chi connectivity index (χ3n) is 3.54. The van der Waals surface area contributed by atoms with Crippen LogP contribution >= 0.6 is 0 Å². The molecule has 1 aromatic carbocycles. The van der Waals surface area contributed by atoms with Gasteiger partial charge in [0.15, 0.2) is 0 Å². The highest BCUT2D eigenvalue weighted by Crippen LogP contribution is 2.24. The summed E-state index contributed by atoms with van der Waals surface area (Å²) in [5.41, 5.74) is 0.631. The first kappa shape index (κ1) is 17.3. The zero-order valence-corrected chi connectivity index (χ0v) is 13.2. The molecule has 0 aromatic heterocycles. The number of imide groups is 1. The SMILES string of the molecule is COc1ccc(C(C#N)C(C)OC(=O)ON2C(=O)CCC2=O)cc1. The van der Waals surface area contributed by atoms with E-state index in [-0.39, 0.29) is 12.8 Å². The van der Waals surface area contributed by atoms with Gasteiger partial charge in [0.05, 0.1) is 13.2 Å². The molecule has 2 unspecified atom stereocenters. The number of nitrogens with zero attached hydrogens (tertiary/aromatic N) is 2. The molecule has 24 heavy (non-hydrogen) atoms. The van der Waals surface area contributed by atoms with Crippen molar-refractivity contribution in [1.82, 2.24) is 5.06 Å². The van der Waals surface area contributed by atoms with Crippen LogP contribution in [-0.2, 0) is 19.2 Å². The Hall–Kier alpha value is -3.08. The van der Waals surface area contributed by atoms with E-state index >= 15 is 0 Å². The first-order valence-corrected chi connectivity index (χ1v) is 7.24. The van der Waals surface area contributed by atoms with Crippen molar-refractivity contribution in [2.24, 2.45) is 0 Å². The summed E-state index contributed by atoms with van der Waals surface area (Å²) in [4.78, 5) is 39.1.